The zero-order chi connectivity index (χ0) is 29.8. The zero-order valence-electron chi connectivity index (χ0n) is 23.8. The van der Waals surface area contributed by atoms with E-state index in [0.717, 1.165) is 0 Å². The zero-order valence-corrected chi connectivity index (χ0v) is 23.8. The van der Waals surface area contributed by atoms with Gasteiger partial charge in [-0.2, -0.15) is 0 Å². The Balaban J connectivity index is 2.04. The summed E-state index contributed by atoms with van der Waals surface area (Å²) in [6.07, 6.45) is -8.67. The third-order valence-electron chi connectivity index (χ3n) is 9.52. The molecule has 0 aromatic heterocycles. The van der Waals surface area contributed by atoms with E-state index >= 15 is 0 Å². The molecular formula is C30H40O10. The fourth-order valence-electron chi connectivity index (χ4n) is 7.22. The summed E-state index contributed by atoms with van der Waals surface area (Å²) in [5.74, 6) is -3.68. The molecule has 0 aliphatic heterocycles. The van der Waals surface area contributed by atoms with Crippen LogP contribution in [0.25, 0.3) is 0 Å². The van der Waals surface area contributed by atoms with Crippen molar-refractivity contribution in [1.29, 1.82) is 0 Å². The molecule has 3 aliphatic carbocycles. The standard InChI is InChI=1S/C30H40O10/c1-7-38-19-13-20(33)29(6)22(24(19)39-16(3)31)26(40-27(36)17-11-9-8-10-12-17)30(37)14-18(32)15(2)21(28(30,4)5)23(34)25(29)35/h8-12,18-20,22-24,26,32-34,37H,7,13-14H2,1-6H3/t18?,19-,20+,22+,23-,24+,26+,29-,30-/m1/s1. The number of esters is 2. The minimum Gasteiger partial charge on any atom is -0.459 e. The van der Waals surface area contributed by atoms with Crippen molar-refractivity contribution in [2.45, 2.75) is 96.6 Å². The number of benzene rings is 1. The van der Waals surface area contributed by atoms with E-state index < -0.39 is 76.7 Å². The Morgan fingerprint density at radius 1 is 1.05 bits per heavy atom. The van der Waals surface area contributed by atoms with Crippen molar-refractivity contribution in [2.24, 2.45) is 16.7 Å². The molecule has 4 N–H and O–H groups in total. The van der Waals surface area contributed by atoms with Gasteiger partial charge in [0.15, 0.2) is 5.78 Å². The Labute approximate surface area is 233 Å². The van der Waals surface area contributed by atoms with Crippen LogP contribution in [0.3, 0.4) is 0 Å². The van der Waals surface area contributed by atoms with Crippen molar-refractivity contribution in [1.82, 2.24) is 0 Å². The van der Waals surface area contributed by atoms with Gasteiger partial charge in [0, 0.05) is 31.8 Å². The van der Waals surface area contributed by atoms with Gasteiger partial charge in [-0.1, -0.05) is 32.0 Å². The van der Waals surface area contributed by atoms with Crippen LogP contribution in [0.4, 0.5) is 0 Å². The molecule has 0 spiro atoms. The first-order valence-electron chi connectivity index (χ1n) is 13.7. The number of fused-ring (bicyclic) bond motifs is 3. The molecule has 9 atom stereocenters. The molecule has 1 unspecified atom stereocenters. The Hall–Kier alpha value is -2.63. The number of rotatable bonds is 5. The maximum Gasteiger partial charge on any atom is 0.338 e. The highest BCUT2D eigenvalue weighted by atomic mass is 16.6. The molecule has 1 aromatic rings. The first kappa shape index (κ1) is 30.3. The molecule has 4 rings (SSSR count). The number of carbonyl (C=O) groups is 3. The lowest BCUT2D eigenvalue weighted by molar-refractivity contribution is -0.257. The van der Waals surface area contributed by atoms with Crippen molar-refractivity contribution in [2.75, 3.05) is 6.61 Å². The lowest BCUT2D eigenvalue weighted by Crippen LogP contribution is -2.74. The number of aliphatic hydroxyl groups excluding tert-OH is 3. The number of Topliss-reactive ketones (excluding diaryl/α,β-unsaturated/α-hetero) is 1. The molecule has 10 nitrogen and oxygen atoms in total. The summed E-state index contributed by atoms with van der Waals surface area (Å²) in [5, 5.41) is 46.8. The molecule has 3 aliphatic rings. The molecule has 2 fully saturated rings. The summed E-state index contributed by atoms with van der Waals surface area (Å²) in [7, 11) is 0. The van der Waals surface area contributed by atoms with Crippen LogP contribution >= 0.6 is 0 Å². The first-order chi connectivity index (χ1) is 18.6. The van der Waals surface area contributed by atoms with E-state index in [2.05, 4.69) is 0 Å². The van der Waals surface area contributed by atoms with E-state index in [-0.39, 0.29) is 30.6 Å². The van der Waals surface area contributed by atoms with Crippen molar-refractivity contribution in [3.63, 3.8) is 0 Å². The van der Waals surface area contributed by atoms with Gasteiger partial charge in [0.25, 0.3) is 0 Å². The van der Waals surface area contributed by atoms with E-state index in [0.29, 0.717) is 5.57 Å². The SMILES string of the molecule is CCO[C@@H]1C[C@H](O)[C@@]2(C)C(=O)[C@H](O)C3=C(C)C(O)C[C@@](O)([C@@H](OC(=O)c4ccccc4)[C@@H]2[C@H]1OC(C)=O)C3(C)C. The van der Waals surface area contributed by atoms with Gasteiger partial charge in [-0.05, 0) is 44.1 Å². The maximum absolute atomic E-state index is 14.3. The summed E-state index contributed by atoms with van der Waals surface area (Å²) < 4.78 is 17.7. The van der Waals surface area contributed by atoms with Crippen molar-refractivity contribution >= 4 is 17.7 Å². The molecule has 0 saturated heterocycles. The van der Waals surface area contributed by atoms with Crippen LogP contribution in [0.2, 0.25) is 0 Å². The van der Waals surface area contributed by atoms with Crippen LogP contribution in [-0.2, 0) is 23.8 Å². The van der Waals surface area contributed by atoms with Crippen LogP contribution in [-0.4, -0.2) is 87.0 Å². The average molecular weight is 561 g/mol. The summed E-state index contributed by atoms with van der Waals surface area (Å²) in [4.78, 5) is 40.2. The molecule has 40 heavy (non-hydrogen) atoms. The second kappa shape index (κ2) is 10.6. The second-order valence-electron chi connectivity index (χ2n) is 12.0. The molecule has 10 heteroatoms. The fourth-order valence-corrected chi connectivity index (χ4v) is 7.22. The van der Waals surface area contributed by atoms with E-state index in [1.807, 2.05) is 0 Å². The van der Waals surface area contributed by atoms with Gasteiger partial charge in [0.05, 0.1) is 35.2 Å². The van der Waals surface area contributed by atoms with Crippen LogP contribution in [0.15, 0.2) is 41.5 Å². The van der Waals surface area contributed by atoms with E-state index in [1.165, 1.54) is 26.0 Å². The van der Waals surface area contributed by atoms with Crippen molar-refractivity contribution in [3.8, 4) is 0 Å². The minimum atomic E-state index is -2.08. The highest BCUT2D eigenvalue weighted by Crippen LogP contribution is 2.60. The van der Waals surface area contributed by atoms with Crippen LogP contribution in [0, 0.1) is 16.7 Å². The molecule has 0 amide bonds. The second-order valence-corrected chi connectivity index (χ2v) is 12.0. The van der Waals surface area contributed by atoms with Gasteiger partial charge in [-0.15, -0.1) is 0 Å². The Kier molecular flexibility index (Phi) is 8.07. The van der Waals surface area contributed by atoms with E-state index in [1.54, 1.807) is 45.9 Å². The van der Waals surface area contributed by atoms with E-state index in [4.69, 9.17) is 14.2 Å². The summed E-state index contributed by atoms with van der Waals surface area (Å²) in [6.45, 7) is 9.32. The normalized spacial score (nSPS) is 39.0. The van der Waals surface area contributed by atoms with E-state index in [9.17, 15) is 34.8 Å². The topological polar surface area (TPSA) is 160 Å². The molecule has 1 aromatic carbocycles. The third kappa shape index (κ3) is 4.50. The van der Waals surface area contributed by atoms with Crippen molar-refractivity contribution in [3.05, 3.63) is 47.0 Å². The summed E-state index contributed by atoms with van der Waals surface area (Å²) in [5.41, 5.74) is -4.75. The van der Waals surface area contributed by atoms with Gasteiger partial charge in [0.1, 0.15) is 23.9 Å². The number of hydrogen-bond acceptors (Lipinski definition) is 10. The molecule has 2 saturated carbocycles. The minimum absolute atomic E-state index is 0.0994. The van der Waals surface area contributed by atoms with Gasteiger partial charge >= 0.3 is 11.9 Å². The smallest absolute Gasteiger partial charge is 0.338 e. The molecule has 2 bridgehead atoms. The summed E-state index contributed by atoms with van der Waals surface area (Å²) in [6, 6.07) is 8.06. The highest BCUT2D eigenvalue weighted by molar-refractivity contribution is 5.93. The number of hydrogen-bond donors (Lipinski definition) is 4. The van der Waals surface area contributed by atoms with Crippen LogP contribution in [0.1, 0.15) is 64.7 Å². The Morgan fingerprint density at radius 3 is 2.25 bits per heavy atom. The summed E-state index contributed by atoms with van der Waals surface area (Å²) >= 11 is 0. The van der Waals surface area contributed by atoms with Gasteiger partial charge < -0.3 is 34.6 Å². The lowest BCUT2D eigenvalue weighted by atomic mass is 9.47. The van der Waals surface area contributed by atoms with Crippen LogP contribution < -0.4 is 0 Å². The molecule has 220 valence electrons. The first-order valence-corrected chi connectivity index (χ1v) is 13.7. The monoisotopic (exact) mass is 560 g/mol. The quantitative estimate of drug-likeness (QED) is 0.308. The lowest BCUT2D eigenvalue weighted by Gasteiger charge is -2.62. The predicted molar refractivity (Wildman–Crippen MR) is 142 cm³/mol. The number of ether oxygens (including phenoxy) is 3. The molecule has 0 heterocycles. The number of carbonyl (C=O) groups excluding carboxylic acids is 3. The molecule has 0 radical (unpaired) electrons. The number of aliphatic hydroxyl groups is 4. The largest absolute Gasteiger partial charge is 0.459 e. The Bertz CT molecular complexity index is 1190. The van der Waals surface area contributed by atoms with Crippen LogP contribution in [0.5, 0.6) is 0 Å². The van der Waals surface area contributed by atoms with Crippen molar-refractivity contribution < 1.29 is 49.0 Å². The highest BCUT2D eigenvalue weighted by Gasteiger charge is 2.71. The number of ketones is 1. The third-order valence-corrected chi connectivity index (χ3v) is 9.52. The van der Waals surface area contributed by atoms with Gasteiger partial charge in [-0.25, -0.2) is 4.79 Å². The predicted octanol–water partition coefficient (Wildman–Crippen LogP) is 1.72. The fraction of sp³-hybridized carbons (Fsp3) is 0.633. The average Bonchev–Trinajstić information content (AvgIpc) is 2.89. The maximum atomic E-state index is 14.3. The van der Waals surface area contributed by atoms with Gasteiger partial charge in [0.2, 0.25) is 0 Å². The Morgan fingerprint density at radius 2 is 1.68 bits per heavy atom. The molecular weight excluding hydrogens is 520 g/mol. The van der Waals surface area contributed by atoms with Gasteiger partial charge in [-0.3, -0.25) is 9.59 Å².